The molecule has 0 radical (unpaired) electrons. The first-order valence-electron chi connectivity index (χ1n) is 5.95. The van der Waals surface area contributed by atoms with Crippen LogP contribution in [0.15, 0.2) is 6.07 Å². The molecule has 1 aliphatic carbocycles. The largest absolute Gasteiger partial charge is 0.396 e. The molecule has 2 nitrogen and oxygen atoms in total. The molecule has 0 saturated heterocycles. The minimum Gasteiger partial charge on any atom is -0.396 e. The normalized spacial score (nSPS) is 24.2. The summed E-state index contributed by atoms with van der Waals surface area (Å²) in [5.41, 5.74) is 9.48. The summed E-state index contributed by atoms with van der Waals surface area (Å²) in [6, 6.07) is 1.84. The highest BCUT2D eigenvalue weighted by Gasteiger charge is 2.31. The van der Waals surface area contributed by atoms with Crippen molar-refractivity contribution in [2.45, 2.75) is 31.7 Å². The van der Waals surface area contributed by atoms with E-state index in [1.807, 2.05) is 6.07 Å². The van der Waals surface area contributed by atoms with Crippen molar-refractivity contribution in [1.82, 2.24) is 4.90 Å². The van der Waals surface area contributed by atoms with Crippen LogP contribution in [-0.4, -0.2) is 18.5 Å². The third-order valence-electron chi connectivity index (χ3n) is 3.88. The van der Waals surface area contributed by atoms with Gasteiger partial charge in [-0.25, -0.2) is 4.39 Å². The Labute approximate surface area is 95.2 Å². The quantitative estimate of drug-likeness (QED) is 0.680. The van der Waals surface area contributed by atoms with Crippen molar-refractivity contribution in [3.63, 3.8) is 0 Å². The van der Waals surface area contributed by atoms with Crippen LogP contribution in [0.2, 0.25) is 0 Å². The maximum atomic E-state index is 14.0. The molecule has 0 fully saturated rings. The summed E-state index contributed by atoms with van der Waals surface area (Å²) in [4.78, 5) is 2.31. The summed E-state index contributed by atoms with van der Waals surface area (Å²) in [5.74, 6) is 0.362. The summed E-state index contributed by atoms with van der Waals surface area (Å²) >= 11 is 0. The molecule has 3 heteroatoms. The van der Waals surface area contributed by atoms with E-state index in [1.165, 1.54) is 17.5 Å². The maximum absolute atomic E-state index is 14.0. The van der Waals surface area contributed by atoms with Crippen molar-refractivity contribution in [3.05, 3.63) is 28.6 Å². The zero-order valence-electron chi connectivity index (χ0n) is 9.59. The van der Waals surface area contributed by atoms with Gasteiger partial charge in [0.25, 0.3) is 0 Å². The van der Waals surface area contributed by atoms with E-state index in [2.05, 4.69) is 11.9 Å². The second kappa shape index (κ2) is 3.45. The van der Waals surface area contributed by atoms with Crippen LogP contribution in [0.5, 0.6) is 0 Å². The number of benzene rings is 1. The zero-order chi connectivity index (χ0) is 11.3. The molecular weight excluding hydrogens is 203 g/mol. The third-order valence-corrected chi connectivity index (χ3v) is 3.88. The van der Waals surface area contributed by atoms with Crippen molar-refractivity contribution in [2.24, 2.45) is 0 Å². The van der Waals surface area contributed by atoms with Gasteiger partial charge >= 0.3 is 0 Å². The molecule has 16 heavy (non-hydrogen) atoms. The van der Waals surface area contributed by atoms with Gasteiger partial charge in [0.2, 0.25) is 0 Å². The van der Waals surface area contributed by atoms with E-state index in [-0.39, 0.29) is 5.82 Å². The number of hydrogen-bond acceptors (Lipinski definition) is 2. The van der Waals surface area contributed by atoms with E-state index < -0.39 is 0 Å². The van der Waals surface area contributed by atoms with Gasteiger partial charge in [-0.2, -0.15) is 0 Å². The minimum absolute atomic E-state index is 0.159. The lowest BCUT2D eigenvalue weighted by Crippen LogP contribution is -2.33. The van der Waals surface area contributed by atoms with Gasteiger partial charge in [0.15, 0.2) is 0 Å². The summed E-state index contributed by atoms with van der Waals surface area (Å²) in [6.07, 6.45) is 3.14. The van der Waals surface area contributed by atoms with Gasteiger partial charge in [-0.15, -0.1) is 0 Å². The van der Waals surface area contributed by atoms with Crippen LogP contribution in [0.4, 0.5) is 10.1 Å². The first kappa shape index (κ1) is 10.1. The minimum atomic E-state index is -0.159. The molecule has 0 spiro atoms. The van der Waals surface area contributed by atoms with Gasteiger partial charge in [-0.3, -0.25) is 0 Å². The molecule has 2 N–H and O–H groups in total. The van der Waals surface area contributed by atoms with E-state index in [0.717, 1.165) is 31.5 Å². The summed E-state index contributed by atoms with van der Waals surface area (Å²) < 4.78 is 14.0. The Balaban J connectivity index is 2.22. The van der Waals surface area contributed by atoms with E-state index in [0.29, 0.717) is 11.6 Å². The fourth-order valence-electron chi connectivity index (χ4n) is 3.28. The fourth-order valence-corrected chi connectivity index (χ4v) is 3.28. The van der Waals surface area contributed by atoms with E-state index in [4.69, 9.17) is 5.73 Å². The molecule has 2 aliphatic rings. The molecular formula is C13H17FN2. The summed E-state index contributed by atoms with van der Waals surface area (Å²) in [7, 11) is 2.12. The molecule has 0 aromatic heterocycles. The van der Waals surface area contributed by atoms with Crippen LogP contribution in [-0.2, 0) is 13.0 Å². The van der Waals surface area contributed by atoms with Crippen LogP contribution in [0.3, 0.4) is 0 Å². The molecule has 1 unspecified atom stereocenters. The smallest absolute Gasteiger partial charge is 0.149 e. The standard InChI is InChI=1S/C13H17FN2/c1-16-6-8-3-2-4-10-12(8)9(7-16)5-11(15)13(10)14/h5,8H,2-4,6-7,15H2,1H3. The Kier molecular flexibility index (Phi) is 2.18. The van der Waals surface area contributed by atoms with Crippen molar-refractivity contribution in [2.75, 3.05) is 19.3 Å². The predicted molar refractivity (Wildman–Crippen MR) is 62.8 cm³/mol. The van der Waals surface area contributed by atoms with E-state index in [9.17, 15) is 4.39 Å². The second-order valence-electron chi connectivity index (χ2n) is 5.12. The van der Waals surface area contributed by atoms with Crippen LogP contribution in [0, 0.1) is 5.82 Å². The van der Waals surface area contributed by atoms with Gasteiger partial charge in [0, 0.05) is 13.1 Å². The number of nitrogens with zero attached hydrogens (tertiary/aromatic N) is 1. The van der Waals surface area contributed by atoms with Crippen molar-refractivity contribution in [1.29, 1.82) is 0 Å². The highest BCUT2D eigenvalue weighted by molar-refractivity contribution is 5.54. The van der Waals surface area contributed by atoms with Gasteiger partial charge in [-0.05, 0) is 55.0 Å². The zero-order valence-corrected chi connectivity index (χ0v) is 9.59. The molecule has 0 amide bonds. The first-order chi connectivity index (χ1) is 7.66. The van der Waals surface area contributed by atoms with Crippen LogP contribution in [0.25, 0.3) is 0 Å². The molecule has 1 aromatic carbocycles. The Morgan fingerprint density at radius 3 is 3.12 bits per heavy atom. The highest BCUT2D eigenvalue weighted by atomic mass is 19.1. The SMILES string of the molecule is CN1Cc2cc(N)c(F)c3c2C(CCC3)C1. The van der Waals surface area contributed by atoms with Crippen LogP contribution < -0.4 is 5.73 Å². The van der Waals surface area contributed by atoms with Crippen molar-refractivity contribution in [3.8, 4) is 0 Å². The molecule has 3 rings (SSSR count). The third kappa shape index (κ3) is 1.34. The Morgan fingerprint density at radius 1 is 1.50 bits per heavy atom. The van der Waals surface area contributed by atoms with Gasteiger partial charge in [0.05, 0.1) is 5.69 Å². The number of halogens is 1. The van der Waals surface area contributed by atoms with Crippen LogP contribution >= 0.6 is 0 Å². The van der Waals surface area contributed by atoms with Gasteiger partial charge in [-0.1, -0.05) is 0 Å². The lowest BCUT2D eigenvalue weighted by Gasteiger charge is -2.37. The van der Waals surface area contributed by atoms with Crippen molar-refractivity contribution < 1.29 is 4.39 Å². The van der Waals surface area contributed by atoms with Gasteiger partial charge in [0.1, 0.15) is 5.82 Å². The molecule has 1 aliphatic heterocycles. The first-order valence-corrected chi connectivity index (χ1v) is 5.95. The highest BCUT2D eigenvalue weighted by Crippen LogP contribution is 2.40. The molecule has 0 bridgehead atoms. The van der Waals surface area contributed by atoms with Crippen molar-refractivity contribution >= 4 is 5.69 Å². The maximum Gasteiger partial charge on any atom is 0.149 e. The molecule has 1 heterocycles. The number of nitrogens with two attached hydrogens (primary N) is 1. The summed E-state index contributed by atoms with van der Waals surface area (Å²) in [6.45, 7) is 1.96. The predicted octanol–water partition coefficient (Wildman–Crippen LogP) is 2.27. The molecule has 0 saturated carbocycles. The summed E-state index contributed by atoms with van der Waals surface area (Å²) in [5, 5.41) is 0. The van der Waals surface area contributed by atoms with Crippen LogP contribution in [0.1, 0.15) is 35.4 Å². The lowest BCUT2D eigenvalue weighted by molar-refractivity contribution is 0.265. The average molecular weight is 220 g/mol. The number of nitrogen functional groups attached to an aromatic ring is 1. The Morgan fingerprint density at radius 2 is 2.31 bits per heavy atom. The number of hydrogen-bond donors (Lipinski definition) is 1. The number of likely N-dealkylation sites (N-methyl/N-ethyl adjacent to an activating group) is 1. The van der Waals surface area contributed by atoms with Gasteiger partial charge < -0.3 is 10.6 Å². The van der Waals surface area contributed by atoms with E-state index >= 15 is 0 Å². The second-order valence-corrected chi connectivity index (χ2v) is 5.12. The molecule has 86 valence electrons. The number of rotatable bonds is 0. The molecule has 1 atom stereocenters. The Hall–Kier alpha value is -1.09. The fraction of sp³-hybridized carbons (Fsp3) is 0.538. The molecule has 1 aromatic rings. The van der Waals surface area contributed by atoms with E-state index in [1.54, 1.807) is 0 Å². The topological polar surface area (TPSA) is 29.3 Å². The lowest BCUT2D eigenvalue weighted by atomic mass is 9.77. The monoisotopic (exact) mass is 220 g/mol. The average Bonchev–Trinajstić information content (AvgIpc) is 2.25. The number of anilines is 1. The Bertz CT molecular complexity index is 442.